The van der Waals surface area contributed by atoms with E-state index in [0.717, 1.165) is 0 Å². The van der Waals surface area contributed by atoms with Crippen LogP contribution in [0, 0.1) is 30.9 Å². The number of carbonyl (C=O) groups is 3. The van der Waals surface area contributed by atoms with Crippen LogP contribution in [0.15, 0.2) is 18.2 Å². The van der Waals surface area contributed by atoms with Crippen LogP contribution in [-0.2, 0) is 9.47 Å². The van der Waals surface area contributed by atoms with Gasteiger partial charge >= 0.3 is 11.9 Å². The Morgan fingerprint density at radius 1 is 1.14 bits per heavy atom. The average molecular weight is 388 g/mol. The Morgan fingerprint density at radius 3 is 2.32 bits per heavy atom. The highest BCUT2D eigenvalue weighted by Gasteiger charge is 2.28. The molecule has 0 aliphatic heterocycles. The third kappa shape index (κ3) is 3.93. The van der Waals surface area contributed by atoms with E-state index in [1.54, 1.807) is 13.8 Å². The predicted octanol–water partition coefficient (Wildman–Crippen LogP) is 3.06. The lowest BCUT2D eigenvalue weighted by atomic mass is 10.1. The molecule has 2 rings (SSSR count). The van der Waals surface area contributed by atoms with Gasteiger partial charge in [-0.05, 0) is 45.4 Å². The van der Waals surface area contributed by atoms with Crippen molar-refractivity contribution in [1.29, 1.82) is 0 Å². The van der Waals surface area contributed by atoms with Gasteiger partial charge in [-0.3, -0.25) is 14.9 Å². The molecule has 0 bridgehead atoms. The number of nitrogens with zero attached hydrogens (tertiary/aromatic N) is 1. The largest absolute Gasteiger partial charge is 0.465 e. The van der Waals surface area contributed by atoms with Gasteiger partial charge in [-0.2, -0.15) is 0 Å². The van der Waals surface area contributed by atoms with Crippen LogP contribution < -0.4 is 0 Å². The second-order valence-corrected chi connectivity index (χ2v) is 6.29. The van der Waals surface area contributed by atoms with Crippen LogP contribution in [-0.4, -0.2) is 40.8 Å². The number of aromatic amines is 1. The van der Waals surface area contributed by atoms with Crippen molar-refractivity contribution in [2.45, 2.75) is 33.8 Å². The number of benzene rings is 1. The molecule has 148 valence electrons. The minimum Gasteiger partial charge on any atom is -0.465 e. The van der Waals surface area contributed by atoms with E-state index >= 15 is 0 Å². The number of hydrogen-bond acceptors (Lipinski definition) is 7. The van der Waals surface area contributed by atoms with E-state index in [9.17, 15) is 24.5 Å². The molecule has 1 aromatic carbocycles. The van der Waals surface area contributed by atoms with Gasteiger partial charge in [0.05, 0.1) is 28.9 Å². The molecule has 0 fully saturated rings. The van der Waals surface area contributed by atoms with Gasteiger partial charge in [-0.1, -0.05) is 0 Å². The van der Waals surface area contributed by atoms with Crippen LogP contribution in [0.25, 0.3) is 0 Å². The molecule has 28 heavy (non-hydrogen) atoms. The molecule has 0 radical (unpaired) electrons. The zero-order valence-electron chi connectivity index (χ0n) is 16.1. The Kier molecular flexibility index (Phi) is 5.97. The van der Waals surface area contributed by atoms with Crippen molar-refractivity contribution in [1.82, 2.24) is 4.98 Å². The Hall–Kier alpha value is -3.49. The maximum Gasteiger partial charge on any atom is 0.339 e. The van der Waals surface area contributed by atoms with E-state index in [1.807, 2.05) is 0 Å². The monoisotopic (exact) mass is 388 g/mol. The number of ether oxygens (including phenoxy) is 2. The molecule has 0 aliphatic rings. The maximum atomic E-state index is 12.7. The molecule has 0 aliphatic carbocycles. The first-order valence-electron chi connectivity index (χ1n) is 8.36. The van der Waals surface area contributed by atoms with E-state index in [0.29, 0.717) is 16.8 Å². The van der Waals surface area contributed by atoms with Crippen LogP contribution in [0.5, 0.6) is 0 Å². The molecule has 0 spiro atoms. The van der Waals surface area contributed by atoms with E-state index < -0.39 is 28.7 Å². The third-order valence-corrected chi connectivity index (χ3v) is 4.36. The normalized spacial score (nSPS) is 11.6. The molecule has 1 heterocycles. The number of Topliss-reactive ketones (excluding diaryl/α,β-unsaturated/α-hetero) is 1. The summed E-state index contributed by atoms with van der Waals surface area (Å²) >= 11 is 0. The molecule has 9 nitrogen and oxygen atoms in total. The lowest BCUT2D eigenvalue weighted by molar-refractivity contribution is -0.385. The summed E-state index contributed by atoms with van der Waals surface area (Å²) in [5.41, 5.74) is 1.57. The summed E-state index contributed by atoms with van der Waals surface area (Å²) in [5.74, 6) is -1.87. The lowest BCUT2D eigenvalue weighted by Gasteiger charge is -2.12. The summed E-state index contributed by atoms with van der Waals surface area (Å²) in [4.78, 5) is 50.0. The zero-order valence-corrected chi connectivity index (χ0v) is 16.1. The zero-order chi connectivity index (χ0) is 21.2. The van der Waals surface area contributed by atoms with Gasteiger partial charge in [0.25, 0.3) is 5.69 Å². The quantitative estimate of drug-likeness (QED) is 0.348. The molecule has 9 heteroatoms. The molecule has 1 aromatic heterocycles. The standard InChI is InChI=1S/C19H20N2O7/c1-9-8-13(6-7-14(9)21(25)26)18(23)28-12(4)17(22)16-10(2)15(11(3)20-16)19(24)27-5/h6-8,12,20H,1-5H3/t12-/m0/s1. The predicted molar refractivity (Wildman–Crippen MR) is 98.6 cm³/mol. The molecule has 2 aromatic rings. The van der Waals surface area contributed by atoms with E-state index in [4.69, 9.17) is 9.47 Å². The SMILES string of the molecule is COC(=O)c1c(C)[nH]c(C(=O)[C@H](C)OC(=O)c2ccc([N+](=O)[O-])c(C)c2)c1C. The number of aryl methyl sites for hydroxylation is 2. The first-order chi connectivity index (χ1) is 13.1. The van der Waals surface area contributed by atoms with Crippen molar-refractivity contribution >= 4 is 23.4 Å². The van der Waals surface area contributed by atoms with Crippen LogP contribution >= 0.6 is 0 Å². The van der Waals surface area contributed by atoms with Crippen molar-refractivity contribution in [3.63, 3.8) is 0 Å². The number of carbonyl (C=O) groups excluding carboxylic acids is 3. The highest BCUT2D eigenvalue weighted by atomic mass is 16.6. The Labute approximate surface area is 160 Å². The van der Waals surface area contributed by atoms with Crippen LogP contribution in [0.1, 0.15) is 54.9 Å². The number of esters is 2. The smallest absolute Gasteiger partial charge is 0.339 e. The van der Waals surface area contributed by atoms with Gasteiger partial charge < -0.3 is 14.5 Å². The molecule has 1 atom stereocenters. The number of methoxy groups -OCH3 is 1. The van der Waals surface area contributed by atoms with E-state index in [-0.39, 0.29) is 22.5 Å². The second-order valence-electron chi connectivity index (χ2n) is 6.29. The van der Waals surface area contributed by atoms with Crippen LogP contribution in [0.4, 0.5) is 5.69 Å². The molecule has 0 saturated heterocycles. The van der Waals surface area contributed by atoms with Crippen molar-refractivity contribution < 1.29 is 28.8 Å². The van der Waals surface area contributed by atoms with E-state index in [2.05, 4.69) is 4.98 Å². The highest BCUT2D eigenvalue weighted by molar-refractivity contribution is 6.04. The number of nitrogens with one attached hydrogen (secondary N) is 1. The number of rotatable bonds is 6. The first-order valence-corrected chi connectivity index (χ1v) is 8.36. The van der Waals surface area contributed by atoms with Crippen LogP contribution in [0.2, 0.25) is 0 Å². The number of nitro benzene ring substituents is 1. The molecule has 1 N–H and O–H groups in total. The van der Waals surface area contributed by atoms with Gasteiger partial charge in [0.15, 0.2) is 6.10 Å². The summed E-state index contributed by atoms with van der Waals surface area (Å²) in [6.45, 7) is 6.14. The van der Waals surface area contributed by atoms with Gasteiger partial charge in [0, 0.05) is 17.3 Å². The number of H-pyrrole nitrogens is 1. The number of nitro groups is 1. The number of ketones is 1. The summed E-state index contributed by atoms with van der Waals surface area (Å²) in [5, 5.41) is 10.9. The van der Waals surface area contributed by atoms with Crippen molar-refractivity contribution in [3.05, 3.63) is 62.0 Å². The highest BCUT2D eigenvalue weighted by Crippen LogP contribution is 2.22. The van der Waals surface area contributed by atoms with Gasteiger partial charge in [0.1, 0.15) is 0 Å². The fraction of sp³-hybridized carbons (Fsp3) is 0.316. The maximum absolute atomic E-state index is 12.7. The Morgan fingerprint density at radius 2 is 1.79 bits per heavy atom. The minimum absolute atomic E-state index is 0.0948. The number of hydrogen-bond donors (Lipinski definition) is 1. The van der Waals surface area contributed by atoms with Crippen LogP contribution in [0.3, 0.4) is 0 Å². The Balaban J connectivity index is 2.21. The molecular weight excluding hydrogens is 368 g/mol. The van der Waals surface area contributed by atoms with Gasteiger partial charge in [-0.15, -0.1) is 0 Å². The van der Waals surface area contributed by atoms with Crippen molar-refractivity contribution in [2.24, 2.45) is 0 Å². The van der Waals surface area contributed by atoms with Gasteiger partial charge in [-0.25, -0.2) is 9.59 Å². The van der Waals surface area contributed by atoms with Crippen molar-refractivity contribution in [3.8, 4) is 0 Å². The first kappa shape index (κ1) is 20.8. The van der Waals surface area contributed by atoms with Crippen molar-refractivity contribution in [2.75, 3.05) is 7.11 Å². The fourth-order valence-corrected chi connectivity index (χ4v) is 2.88. The minimum atomic E-state index is -1.13. The van der Waals surface area contributed by atoms with E-state index in [1.165, 1.54) is 39.2 Å². The molecule has 0 saturated carbocycles. The summed E-state index contributed by atoms with van der Waals surface area (Å²) in [6, 6.07) is 3.81. The topological polar surface area (TPSA) is 129 Å². The fourth-order valence-electron chi connectivity index (χ4n) is 2.88. The number of aromatic nitrogens is 1. The third-order valence-electron chi connectivity index (χ3n) is 4.36. The summed E-state index contributed by atoms with van der Waals surface area (Å²) < 4.78 is 9.91. The summed E-state index contributed by atoms with van der Waals surface area (Å²) in [7, 11) is 1.24. The Bertz CT molecular complexity index is 975. The molecule has 0 amide bonds. The van der Waals surface area contributed by atoms with Gasteiger partial charge in [0.2, 0.25) is 5.78 Å². The molecular formula is C19H20N2O7. The second kappa shape index (κ2) is 8.03. The lowest BCUT2D eigenvalue weighted by Crippen LogP contribution is -2.25. The average Bonchev–Trinajstić information content (AvgIpc) is 2.94. The molecule has 0 unspecified atom stereocenters. The summed E-state index contributed by atoms with van der Waals surface area (Å²) in [6.07, 6.45) is -1.13.